The van der Waals surface area contributed by atoms with Gasteiger partial charge in [0.1, 0.15) is 0 Å². The summed E-state index contributed by atoms with van der Waals surface area (Å²) in [7, 11) is -0.586. The van der Waals surface area contributed by atoms with E-state index >= 15 is 0 Å². The molecule has 1 N–H and O–H groups in total. The predicted octanol–water partition coefficient (Wildman–Crippen LogP) is 4.27. The van der Waals surface area contributed by atoms with E-state index in [1.807, 2.05) is 29.8 Å². The lowest BCUT2D eigenvalue weighted by Crippen LogP contribution is -1.96. The summed E-state index contributed by atoms with van der Waals surface area (Å²) in [6.45, 7) is 0. The minimum Gasteiger partial charge on any atom is -0.478 e. The standard InChI is InChI=1S/C15H12ClNO2S/c16-12-4-1-10(2-5-12)8-20-9-17-13-6-3-11(15(18)19)7-14(13)20/h1-7,9,20H,8H2,(H,18,19). The number of hydrogen-bond acceptors (Lipinski definition) is 2. The molecule has 0 aliphatic carbocycles. The Morgan fingerprint density at radius 2 is 1.95 bits per heavy atom. The molecule has 2 aromatic carbocycles. The third-order valence-corrected chi connectivity index (χ3v) is 5.46. The molecule has 5 heteroatoms. The zero-order chi connectivity index (χ0) is 14.1. The molecule has 0 aromatic heterocycles. The highest BCUT2D eigenvalue weighted by molar-refractivity contribution is 8.28. The van der Waals surface area contributed by atoms with Gasteiger partial charge in [0.2, 0.25) is 0 Å². The van der Waals surface area contributed by atoms with E-state index in [1.165, 1.54) is 5.56 Å². The largest absolute Gasteiger partial charge is 0.478 e. The smallest absolute Gasteiger partial charge is 0.335 e. The Kier molecular flexibility index (Phi) is 3.51. The normalized spacial score (nSPS) is 17.9. The maximum atomic E-state index is 11.1. The summed E-state index contributed by atoms with van der Waals surface area (Å²) >= 11 is 5.88. The van der Waals surface area contributed by atoms with E-state index < -0.39 is 16.9 Å². The van der Waals surface area contributed by atoms with Crippen molar-refractivity contribution in [2.24, 2.45) is 4.99 Å². The Labute approximate surface area is 124 Å². The Morgan fingerprint density at radius 1 is 1.20 bits per heavy atom. The van der Waals surface area contributed by atoms with Crippen LogP contribution >= 0.6 is 22.5 Å². The molecule has 0 bridgehead atoms. The molecule has 1 aliphatic rings. The van der Waals surface area contributed by atoms with Crippen molar-refractivity contribution in [3.05, 3.63) is 58.6 Å². The summed E-state index contributed by atoms with van der Waals surface area (Å²) in [6.07, 6.45) is 0. The quantitative estimate of drug-likeness (QED) is 0.832. The van der Waals surface area contributed by atoms with Gasteiger partial charge in [-0.1, -0.05) is 23.7 Å². The van der Waals surface area contributed by atoms with Gasteiger partial charge in [0, 0.05) is 21.2 Å². The van der Waals surface area contributed by atoms with Gasteiger partial charge < -0.3 is 5.11 Å². The number of fused-ring (bicyclic) bond motifs is 1. The molecule has 1 aliphatic heterocycles. The number of hydrogen-bond donors (Lipinski definition) is 2. The fraction of sp³-hybridized carbons (Fsp3) is 0.0667. The van der Waals surface area contributed by atoms with Gasteiger partial charge in [0.05, 0.1) is 11.3 Å². The third kappa shape index (κ3) is 2.57. The number of benzene rings is 2. The van der Waals surface area contributed by atoms with Crippen molar-refractivity contribution in [2.75, 3.05) is 0 Å². The molecule has 1 heterocycles. The van der Waals surface area contributed by atoms with Crippen molar-refractivity contribution in [1.29, 1.82) is 0 Å². The molecule has 1 atom stereocenters. The predicted molar refractivity (Wildman–Crippen MR) is 84.0 cm³/mol. The van der Waals surface area contributed by atoms with Crippen molar-refractivity contribution in [1.82, 2.24) is 0 Å². The molecule has 0 saturated heterocycles. The number of aliphatic imine (C=N–C) groups is 1. The number of carboxylic acids is 1. The van der Waals surface area contributed by atoms with Gasteiger partial charge in [0.25, 0.3) is 0 Å². The summed E-state index contributed by atoms with van der Waals surface area (Å²) in [4.78, 5) is 16.5. The Morgan fingerprint density at radius 3 is 2.65 bits per heavy atom. The Bertz CT molecular complexity index is 698. The zero-order valence-electron chi connectivity index (χ0n) is 10.5. The highest BCUT2D eigenvalue weighted by Gasteiger charge is 2.18. The van der Waals surface area contributed by atoms with Crippen molar-refractivity contribution in [3.63, 3.8) is 0 Å². The van der Waals surface area contributed by atoms with Crippen LogP contribution in [-0.4, -0.2) is 16.6 Å². The zero-order valence-corrected chi connectivity index (χ0v) is 12.1. The number of thiol groups is 1. The summed E-state index contributed by atoms with van der Waals surface area (Å²) in [5.74, 6) is -0.0485. The van der Waals surface area contributed by atoms with Crippen LogP contribution in [0.4, 0.5) is 5.69 Å². The second-order valence-corrected chi connectivity index (χ2v) is 6.91. The van der Waals surface area contributed by atoms with Crippen LogP contribution < -0.4 is 0 Å². The van der Waals surface area contributed by atoms with E-state index in [2.05, 4.69) is 4.99 Å². The van der Waals surface area contributed by atoms with Crippen LogP contribution in [0.1, 0.15) is 15.9 Å². The number of aromatic carboxylic acids is 1. The van der Waals surface area contributed by atoms with Crippen LogP contribution in [0, 0.1) is 0 Å². The van der Waals surface area contributed by atoms with Crippen LogP contribution in [0.3, 0.4) is 0 Å². The fourth-order valence-electron chi connectivity index (χ4n) is 2.10. The first-order valence-corrected chi connectivity index (χ1v) is 8.03. The van der Waals surface area contributed by atoms with E-state index in [-0.39, 0.29) is 0 Å². The molecule has 0 fully saturated rings. The minimum atomic E-state index is -0.902. The molecule has 0 radical (unpaired) electrons. The maximum absolute atomic E-state index is 11.1. The molecule has 0 saturated carbocycles. The number of halogens is 1. The van der Waals surface area contributed by atoms with E-state index in [1.54, 1.807) is 18.2 Å². The number of carbonyl (C=O) groups is 1. The summed E-state index contributed by atoms with van der Waals surface area (Å²) in [5.41, 5.74) is 4.33. The Balaban J connectivity index is 1.88. The van der Waals surface area contributed by atoms with Crippen molar-refractivity contribution >= 4 is 39.7 Å². The number of rotatable bonds is 3. The first-order valence-electron chi connectivity index (χ1n) is 6.06. The lowest BCUT2D eigenvalue weighted by Gasteiger charge is -2.14. The van der Waals surface area contributed by atoms with Crippen molar-refractivity contribution in [3.8, 4) is 0 Å². The van der Waals surface area contributed by atoms with E-state index in [9.17, 15) is 4.79 Å². The number of carboxylic acid groups (broad SMARTS) is 1. The van der Waals surface area contributed by atoms with Crippen LogP contribution in [-0.2, 0) is 5.75 Å². The molecule has 102 valence electrons. The number of nitrogens with zero attached hydrogens (tertiary/aromatic N) is 1. The van der Waals surface area contributed by atoms with Gasteiger partial charge in [-0.2, -0.15) is 10.9 Å². The maximum Gasteiger partial charge on any atom is 0.335 e. The second kappa shape index (κ2) is 5.31. The highest BCUT2D eigenvalue weighted by Crippen LogP contribution is 2.48. The lowest BCUT2D eigenvalue weighted by molar-refractivity contribution is 0.0696. The molecule has 0 spiro atoms. The van der Waals surface area contributed by atoms with Gasteiger partial charge in [-0.3, -0.25) is 4.99 Å². The van der Waals surface area contributed by atoms with E-state index in [0.29, 0.717) is 5.56 Å². The summed E-state index contributed by atoms with van der Waals surface area (Å²) in [6, 6.07) is 12.8. The van der Waals surface area contributed by atoms with Crippen LogP contribution in [0.25, 0.3) is 0 Å². The lowest BCUT2D eigenvalue weighted by atomic mass is 10.2. The molecule has 20 heavy (non-hydrogen) atoms. The summed E-state index contributed by atoms with van der Waals surface area (Å²) in [5, 5.41) is 9.79. The average Bonchev–Trinajstić information content (AvgIpc) is 2.84. The molecule has 3 rings (SSSR count). The van der Waals surface area contributed by atoms with E-state index in [0.717, 1.165) is 21.4 Å². The Hall–Kier alpha value is -1.78. The van der Waals surface area contributed by atoms with Gasteiger partial charge in [-0.05, 0) is 35.9 Å². The average molecular weight is 306 g/mol. The van der Waals surface area contributed by atoms with Crippen molar-refractivity contribution in [2.45, 2.75) is 10.6 Å². The fourth-order valence-corrected chi connectivity index (χ4v) is 4.20. The van der Waals surface area contributed by atoms with Crippen molar-refractivity contribution < 1.29 is 9.90 Å². The molecule has 0 amide bonds. The first-order chi connectivity index (χ1) is 9.63. The molecule has 3 nitrogen and oxygen atoms in total. The topological polar surface area (TPSA) is 49.7 Å². The molecule has 1 unspecified atom stereocenters. The van der Waals surface area contributed by atoms with Gasteiger partial charge >= 0.3 is 5.97 Å². The third-order valence-electron chi connectivity index (χ3n) is 3.13. The molecular weight excluding hydrogens is 294 g/mol. The SMILES string of the molecule is O=C(O)c1ccc2c(c1)[SH](Cc1ccc(Cl)cc1)C=N2. The van der Waals surface area contributed by atoms with Crippen LogP contribution in [0.5, 0.6) is 0 Å². The first kappa shape index (κ1) is 13.2. The minimum absolute atomic E-state index is 0.317. The molecular formula is C15H12ClNO2S. The molecule has 2 aromatic rings. The van der Waals surface area contributed by atoms with Crippen LogP contribution in [0.2, 0.25) is 5.02 Å². The van der Waals surface area contributed by atoms with Crippen LogP contribution in [0.15, 0.2) is 52.4 Å². The van der Waals surface area contributed by atoms with Gasteiger partial charge in [0.15, 0.2) is 0 Å². The second-order valence-electron chi connectivity index (χ2n) is 4.51. The monoisotopic (exact) mass is 305 g/mol. The van der Waals surface area contributed by atoms with E-state index in [4.69, 9.17) is 16.7 Å². The highest BCUT2D eigenvalue weighted by atomic mass is 35.5. The van der Waals surface area contributed by atoms with Gasteiger partial charge in [-0.25, -0.2) is 4.79 Å². The van der Waals surface area contributed by atoms with Gasteiger partial charge in [-0.15, -0.1) is 0 Å². The summed E-state index contributed by atoms with van der Waals surface area (Å²) < 4.78 is 0.